The lowest BCUT2D eigenvalue weighted by atomic mass is 9.96. The second kappa shape index (κ2) is 7.77. The quantitative estimate of drug-likeness (QED) is 0.708. The highest BCUT2D eigenvalue weighted by molar-refractivity contribution is 5.69. The molecule has 1 aliphatic rings. The van der Waals surface area contributed by atoms with Gasteiger partial charge in [-0.15, -0.1) is 0 Å². The molecule has 1 heterocycles. The molecular formula is C17H31N3O2. The molecule has 1 amide bonds. The van der Waals surface area contributed by atoms with Crippen LogP contribution in [0.25, 0.3) is 0 Å². The number of rotatable bonds is 6. The van der Waals surface area contributed by atoms with Crippen molar-refractivity contribution in [3.63, 3.8) is 0 Å². The summed E-state index contributed by atoms with van der Waals surface area (Å²) in [6.07, 6.45) is 2.71. The fraction of sp³-hybridized carbons (Fsp3) is 0.765. The minimum absolute atomic E-state index is 0.212. The van der Waals surface area contributed by atoms with E-state index in [-0.39, 0.29) is 6.09 Å². The summed E-state index contributed by atoms with van der Waals surface area (Å²) >= 11 is 0. The summed E-state index contributed by atoms with van der Waals surface area (Å²) in [4.78, 5) is 19.9. The maximum atomic E-state index is 11.9. The van der Waals surface area contributed by atoms with Gasteiger partial charge in [-0.1, -0.05) is 12.5 Å². The van der Waals surface area contributed by atoms with Gasteiger partial charge in [0.15, 0.2) is 0 Å². The monoisotopic (exact) mass is 309 g/mol. The molecule has 0 spiro atoms. The molecule has 0 aromatic rings. The average molecular weight is 309 g/mol. The van der Waals surface area contributed by atoms with Crippen LogP contribution >= 0.6 is 0 Å². The van der Waals surface area contributed by atoms with Crippen molar-refractivity contribution in [3.8, 4) is 0 Å². The van der Waals surface area contributed by atoms with Gasteiger partial charge in [-0.3, -0.25) is 9.89 Å². The first kappa shape index (κ1) is 18.7. The number of ether oxygens (including phenoxy) is 1. The lowest BCUT2D eigenvalue weighted by molar-refractivity contribution is -0.0123. The highest BCUT2D eigenvalue weighted by Crippen LogP contribution is 2.22. The lowest BCUT2D eigenvalue weighted by Crippen LogP contribution is -2.61. The normalized spacial score (nSPS) is 18.1. The molecule has 0 saturated carbocycles. The van der Waals surface area contributed by atoms with E-state index in [9.17, 15) is 4.79 Å². The van der Waals surface area contributed by atoms with Gasteiger partial charge >= 0.3 is 6.09 Å². The highest BCUT2D eigenvalue weighted by atomic mass is 16.6. The molecule has 5 heteroatoms. The Kier molecular flexibility index (Phi) is 6.60. The van der Waals surface area contributed by atoms with Crippen LogP contribution in [0.5, 0.6) is 0 Å². The van der Waals surface area contributed by atoms with Crippen LogP contribution in [0.4, 0.5) is 4.79 Å². The molecule has 1 aliphatic heterocycles. The zero-order valence-electron chi connectivity index (χ0n) is 14.9. The van der Waals surface area contributed by atoms with Crippen molar-refractivity contribution in [3.05, 3.63) is 11.8 Å². The predicted molar refractivity (Wildman–Crippen MR) is 91.3 cm³/mol. The van der Waals surface area contributed by atoms with Crippen molar-refractivity contribution in [2.75, 3.05) is 26.7 Å². The number of likely N-dealkylation sites (tertiary alicyclic amines) is 1. The Hall–Kier alpha value is -1.36. The smallest absolute Gasteiger partial charge is 0.410 e. The maximum Gasteiger partial charge on any atom is 0.410 e. The summed E-state index contributed by atoms with van der Waals surface area (Å²) < 4.78 is 5.38. The number of carbonyl (C=O) groups is 1. The average Bonchev–Trinajstić information content (AvgIpc) is 2.31. The van der Waals surface area contributed by atoms with Gasteiger partial charge in [0.1, 0.15) is 5.60 Å². The molecular weight excluding hydrogens is 278 g/mol. The van der Waals surface area contributed by atoms with E-state index < -0.39 is 5.60 Å². The number of hydrogen-bond donors (Lipinski definition) is 0. The van der Waals surface area contributed by atoms with E-state index >= 15 is 0 Å². The Bertz CT molecular complexity index is 420. The highest BCUT2D eigenvalue weighted by Gasteiger charge is 2.36. The van der Waals surface area contributed by atoms with Crippen molar-refractivity contribution in [1.29, 1.82) is 0 Å². The fourth-order valence-corrected chi connectivity index (χ4v) is 2.55. The molecule has 5 nitrogen and oxygen atoms in total. The van der Waals surface area contributed by atoms with Crippen LogP contribution < -0.4 is 0 Å². The van der Waals surface area contributed by atoms with E-state index in [4.69, 9.17) is 4.74 Å². The number of hydrogen-bond acceptors (Lipinski definition) is 4. The summed E-state index contributed by atoms with van der Waals surface area (Å²) in [5, 5.41) is 0. The van der Waals surface area contributed by atoms with Crippen molar-refractivity contribution in [2.45, 2.75) is 52.7 Å². The standard InChI is InChI=1S/C17H31N3O2/c1-8-14(13(2)9-18-6)10-19(7)15-11-20(12-15)16(21)22-17(3,4)5/h9,14-15H,6,8,10-12H2,1-5,7H3/b13-9+. The summed E-state index contributed by atoms with van der Waals surface area (Å²) in [5.41, 5.74) is 0.828. The summed E-state index contributed by atoms with van der Waals surface area (Å²) in [7, 11) is 2.12. The Labute approximate surface area is 135 Å². The van der Waals surface area contributed by atoms with Gasteiger partial charge < -0.3 is 9.64 Å². The van der Waals surface area contributed by atoms with Gasteiger partial charge in [-0.05, 0) is 53.8 Å². The topological polar surface area (TPSA) is 45.1 Å². The fourth-order valence-electron chi connectivity index (χ4n) is 2.55. The van der Waals surface area contributed by atoms with Crippen LogP contribution in [-0.2, 0) is 4.74 Å². The molecule has 1 rings (SSSR count). The largest absolute Gasteiger partial charge is 0.444 e. The van der Waals surface area contributed by atoms with E-state index in [0.717, 1.165) is 26.1 Å². The van der Waals surface area contributed by atoms with E-state index in [1.807, 2.05) is 27.0 Å². The van der Waals surface area contributed by atoms with Crippen molar-refractivity contribution in [1.82, 2.24) is 9.80 Å². The molecule has 1 saturated heterocycles. The first-order valence-electron chi connectivity index (χ1n) is 7.98. The third kappa shape index (κ3) is 5.44. The number of aliphatic imine (C=N–C) groups is 1. The Morgan fingerprint density at radius 3 is 2.55 bits per heavy atom. The van der Waals surface area contributed by atoms with Crippen molar-refractivity contribution in [2.24, 2.45) is 10.9 Å². The molecule has 22 heavy (non-hydrogen) atoms. The van der Waals surface area contributed by atoms with Gasteiger partial charge in [-0.25, -0.2) is 4.79 Å². The van der Waals surface area contributed by atoms with Crippen LogP contribution in [0.15, 0.2) is 16.8 Å². The maximum absolute atomic E-state index is 11.9. The lowest BCUT2D eigenvalue weighted by Gasteiger charge is -2.44. The van der Waals surface area contributed by atoms with Crippen LogP contribution in [0.3, 0.4) is 0 Å². The first-order valence-corrected chi connectivity index (χ1v) is 7.98. The van der Waals surface area contributed by atoms with Crippen molar-refractivity contribution < 1.29 is 9.53 Å². The van der Waals surface area contributed by atoms with Crippen LogP contribution in [0, 0.1) is 5.92 Å². The molecule has 0 radical (unpaired) electrons. The van der Waals surface area contributed by atoms with Crippen LogP contribution in [0.1, 0.15) is 41.0 Å². The molecule has 1 unspecified atom stereocenters. The summed E-state index contributed by atoms with van der Waals surface area (Å²) in [5.74, 6) is 0.478. The van der Waals surface area contributed by atoms with Gasteiger partial charge in [0, 0.05) is 31.9 Å². The predicted octanol–water partition coefficient (Wildman–Crippen LogP) is 3.17. The molecule has 1 fully saturated rings. The molecule has 0 N–H and O–H groups in total. The number of nitrogens with zero attached hydrogens (tertiary/aromatic N) is 3. The van der Waals surface area contributed by atoms with E-state index in [1.165, 1.54) is 5.57 Å². The zero-order valence-corrected chi connectivity index (χ0v) is 14.9. The van der Waals surface area contributed by atoms with E-state index in [1.54, 1.807) is 4.90 Å². The second-order valence-corrected chi connectivity index (χ2v) is 7.14. The molecule has 0 aromatic carbocycles. The molecule has 0 aliphatic carbocycles. The van der Waals surface area contributed by atoms with Crippen molar-refractivity contribution >= 4 is 12.8 Å². The summed E-state index contributed by atoms with van der Waals surface area (Å²) in [6.45, 7) is 15.9. The number of amides is 1. The van der Waals surface area contributed by atoms with Crippen LogP contribution in [0.2, 0.25) is 0 Å². The Morgan fingerprint density at radius 1 is 1.50 bits per heavy atom. The van der Waals surface area contributed by atoms with Crippen LogP contribution in [-0.4, -0.2) is 60.9 Å². The summed E-state index contributed by atoms with van der Waals surface area (Å²) in [6, 6.07) is 0.408. The number of carbonyl (C=O) groups excluding carboxylic acids is 1. The van der Waals surface area contributed by atoms with Gasteiger partial charge in [0.05, 0.1) is 0 Å². The first-order chi connectivity index (χ1) is 10.2. The molecule has 0 aromatic heterocycles. The molecule has 1 atom stereocenters. The van der Waals surface area contributed by atoms with Gasteiger partial charge in [0.2, 0.25) is 0 Å². The third-order valence-corrected chi connectivity index (χ3v) is 4.08. The third-order valence-electron chi connectivity index (χ3n) is 4.08. The zero-order chi connectivity index (χ0) is 16.9. The number of likely N-dealkylation sites (N-methyl/N-ethyl adjacent to an activating group) is 1. The second-order valence-electron chi connectivity index (χ2n) is 7.14. The Morgan fingerprint density at radius 2 is 2.09 bits per heavy atom. The van der Waals surface area contributed by atoms with E-state index in [2.05, 4.69) is 37.5 Å². The van der Waals surface area contributed by atoms with Gasteiger partial charge in [-0.2, -0.15) is 0 Å². The minimum atomic E-state index is -0.430. The van der Waals surface area contributed by atoms with E-state index in [0.29, 0.717) is 12.0 Å². The Balaban J connectivity index is 2.44. The molecule has 0 bridgehead atoms. The minimum Gasteiger partial charge on any atom is -0.444 e. The van der Waals surface area contributed by atoms with Gasteiger partial charge in [0.25, 0.3) is 0 Å². The SMILES string of the molecule is C=N/C=C(\C)C(CC)CN(C)C1CN(C(=O)OC(C)(C)C)C1. The molecule has 126 valence electrons.